The predicted molar refractivity (Wildman–Crippen MR) is 126 cm³/mol. The number of rotatable bonds is 8. The van der Waals surface area contributed by atoms with E-state index in [0.29, 0.717) is 41.2 Å². The standard InChI is InChI=1S/C20H24BrN3O4S2/c1-4-24(5-2)30(26,27)16-10-8-15(9-11-16)22-20(29)23-19(25)14-7-12-18(28-6-3)17(21)13-14/h7-13H,4-6H2,1-3H3,(H2,22,23,25,29). The van der Waals surface area contributed by atoms with Gasteiger partial charge >= 0.3 is 0 Å². The number of carbonyl (C=O) groups excluding carboxylic acids is 1. The molecule has 2 aromatic carbocycles. The zero-order valence-electron chi connectivity index (χ0n) is 16.9. The number of anilines is 1. The second-order valence-corrected chi connectivity index (χ2v) is 9.30. The maximum absolute atomic E-state index is 12.5. The average molecular weight is 514 g/mol. The van der Waals surface area contributed by atoms with E-state index in [4.69, 9.17) is 17.0 Å². The summed E-state index contributed by atoms with van der Waals surface area (Å²) in [5.74, 6) is 0.270. The molecule has 30 heavy (non-hydrogen) atoms. The molecule has 0 aliphatic heterocycles. The summed E-state index contributed by atoms with van der Waals surface area (Å²) in [5.41, 5.74) is 0.974. The Morgan fingerprint density at radius 3 is 2.27 bits per heavy atom. The molecule has 0 unspecified atom stereocenters. The molecule has 10 heteroatoms. The van der Waals surface area contributed by atoms with Crippen LogP contribution in [0.2, 0.25) is 0 Å². The molecule has 0 heterocycles. The minimum absolute atomic E-state index is 0.101. The van der Waals surface area contributed by atoms with E-state index < -0.39 is 10.0 Å². The van der Waals surface area contributed by atoms with E-state index in [-0.39, 0.29) is 15.9 Å². The summed E-state index contributed by atoms with van der Waals surface area (Å²) in [5, 5.41) is 5.58. The minimum atomic E-state index is -3.53. The molecular formula is C20H24BrN3O4S2. The van der Waals surface area contributed by atoms with Gasteiger partial charge in [-0.05, 0) is 77.5 Å². The first-order chi connectivity index (χ1) is 14.2. The Morgan fingerprint density at radius 1 is 1.10 bits per heavy atom. The fourth-order valence-corrected chi connectivity index (χ4v) is 4.84. The fourth-order valence-electron chi connectivity index (χ4n) is 2.68. The van der Waals surface area contributed by atoms with Gasteiger partial charge < -0.3 is 10.1 Å². The lowest BCUT2D eigenvalue weighted by Crippen LogP contribution is -2.34. The SMILES string of the molecule is CCOc1ccc(C(=O)NC(=S)Nc2ccc(S(=O)(=O)N(CC)CC)cc2)cc1Br. The molecule has 0 saturated carbocycles. The Kier molecular flexibility index (Phi) is 8.78. The zero-order valence-corrected chi connectivity index (χ0v) is 20.2. The fraction of sp³-hybridized carbons (Fsp3) is 0.300. The second-order valence-electron chi connectivity index (χ2n) is 6.10. The van der Waals surface area contributed by atoms with Crippen LogP contribution < -0.4 is 15.4 Å². The molecule has 0 aromatic heterocycles. The number of nitrogens with one attached hydrogen (secondary N) is 2. The van der Waals surface area contributed by atoms with Gasteiger partial charge in [0.2, 0.25) is 10.0 Å². The Hall–Kier alpha value is -2.01. The topological polar surface area (TPSA) is 87.7 Å². The number of sulfonamides is 1. The van der Waals surface area contributed by atoms with Gasteiger partial charge in [0.25, 0.3) is 5.91 Å². The molecule has 2 N–H and O–H groups in total. The highest BCUT2D eigenvalue weighted by Gasteiger charge is 2.21. The van der Waals surface area contributed by atoms with E-state index in [9.17, 15) is 13.2 Å². The summed E-state index contributed by atoms with van der Waals surface area (Å²) in [4.78, 5) is 12.6. The molecule has 1 amide bonds. The second kappa shape index (κ2) is 10.9. The van der Waals surface area contributed by atoms with Crippen LogP contribution in [0, 0.1) is 0 Å². The number of benzene rings is 2. The van der Waals surface area contributed by atoms with Crippen molar-refractivity contribution in [2.75, 3.05) is 25.0 Å². The summed E-state index contributed by atoms with van der Waals surface area (Å²) >= 11 is 8.57. The molecular weight excluding hydrogens is 490 g/mol. The summed E-state index contributed by atoms with van der Waals surface area (Å²) < 4.78 is 32.5. The van der Waals surface area contributed by atoms with Crippen molar-refractivity contribution >= 4 is 54.9 Å². The Labute approximate surface area is 191 Å². The van der Waals surface area contributed by atoms with Gasteiger partial charge in [-0.15, -0.1) is 0 Å². The third-order valence-electron chi connectivity index (χ3n) is 4.18. The maximum Gasteiger partial charge on any atom is 0.257 e. The van der Waals surface area contributed by atoms with E-state index in [1.165, 1.54) is 16.4 Å². The van der Waals surface area contributed by atoms with Crippen LogP contribution in [0.5, 0.6) is 5.75 Å². The molecule has 0 atom stereocenters. The lowest BCUT2D eigenvalue weighted by Gasteiger charge is -2.18. The van der Waals surface area contributed by atoms with Crippen LogP contribution in [0.1, 0.15) is 31.1 Å². The molecule has 0 fully saturated rings. The highest BCUT2D eigenvalue weighted by Crippen LogP contribution is 2.26. The molecule has 7 nitrogen and oxygen atoms in total. The van der Waals surface area contributed by atoms with Gasteiger partial charge in [-0.2, -0.15) is 4.31 Å². The van der Waals surface area contributed by atoms with Crippen LogP contribution in [0.15, 0.2) is 51.8 Å². The molecule has 0 bridgehead atoms. The van der Waals surface area contributed by atoms with Crippen molar-refractivity contribution in [1.29, 1.82) is 0 Å². The Balaban J connectivity index is 2.03. The monoisotopic (exact) mass is 513 g/mol. The molecule has 0 aliphatic carbocycles. The van der Waals surface area contributed by atoms with Crippen LogP contribution in [-0.2, 0) is 10.0 Å². The average Bonchev–Trinajstić information content (AvgIpc) is 2.70. The number of nitrogens with zero attached hydrogens (tertiary/aromatic N) is 1. The maximum atomic E-state index is 12.5. The number of halogens is 1. The first-order valence-electron chi connectivity index (χ1n) is 9.37. The first-order valence-corrected chi connectivity index (χ1v) is 12.0. The smallest absolute Gasteiger partial charge is 0.257 e. The van der Waals surface area contributed by atoms with Gasteiger partial charge in [0.15, 0.2) is 5.11 Å². The lowest BCUT2D eigenvalue weighted by molar-refractivity contribution is 0.0977. The summed E-state index contributed by atoms with van der Waals surface area (Å²) in [6.45, 7) is 6.78. The van der Waals surface area contributed by atoms with Crippen molar-refractivity contribution in [3.8, 4) is 5.75 Å². The van der Waals surface area contributed by atoms with Crippen LogP contribution in [-0.4, -0.2) is 43.4 Å². The number of ether oxygens (including phenoxy) is 1. The van der Waals surface area contributed by atoms with Crippen molar-refractivity contribution in [3.05, 3.63) is 52.5 Å². The minimum Gasteiger partial charge on any atom is -0.493 e. The van der Waals surface area contributed by atoms with Gasteiger partial charge in [-0.25, -0.2) is 8.42 Å². The third kappa shape index (κ3) is 6.00. The summed E-state index contributed by atoms with van der Waals surface area (Å²) in [6, 6.07) is 11.2. The van der Waals surface area contributed by atoms with E-state index in [1.54, 1.807) is 44.2 Å². The Morgan fingerprint density at radius 2 is 1.73 bits per heavy atom. The van der Waals surface area contributed by atoms with Crippen molar-refractivity contribution in [2.24, 2.45) is 0 Å². The van der Waals surface area contributed by atoms with Crippen molar-refractivity contribution in [1.82, 2.24) is 9.62 Å². The third-order valence-corrected chi connectivity index (χ3v) is 7.06. The largest absolute Gasteiger partial charge is 0.493 e. The highest BCUT2D eigenvalue weighted by molar-refractivity contribution is 9.10. The number of hydrogen-bond acceptors (Lipinski definition) is 5. The molecule has 2 aromatic rings. The molecule has 2 rings (SSSR count). The number of thiocarbonyl (C=S) groups is 1. The van der Waals surface area contributed by atoms with E-state index in [1.807, 2.05) is 6.92 Å². The van der Waals surface area contributed by atoms with E-state index >= 15 is 0 Å². The zero-order chi connectivity index (χ0) is 22.3. The van der Waals surface area contributed by atoms with Gasteiger partial charge in [0.1, 0.15) is 5.75 Å². The summed E-state index contributed by atoms with van der Waals surface area (Å²) in [6.07, 6.45) is 0. The van der Waals surface area contributed by atoms with Gasteiger partial charge in [0, 0.05) is 24.3 Å². The normalized spacial score (nSPS) is 11.2. The number of amides is 1. The van der Waals surface area contributed by atoms with Crippen LogP contribution >= 0.6 is 28.1 Å². The van der Waals surface area contributed by atoms with Gasteiger partial charge in [-0.3, -0.25) is 10.1 Å². The van der Waals surface area contributed by atoms with Crippen molar-refractivity contribution in [3.63, 3.8) is 0 Å². The van der Waals surface area contributed by atoms with E-state index in [0.717, 1.165) is 0 Å². The Bertz CT molecular complexity index is 1010. The van der Waals surface area contributed by atoms with Crippen LogP contribution in [0.3, 0.4) is 0 Å². The molecule has 0 aliphatic rings. The molecule has 0 saturated heterocycles. The van der Waals surface area contributed by atoms with E-state index in [2.05, 4.69) is 26.6 Å². The van der Waals surface area contributed by atoms with Crippen LogP contribution in [0.4, 0.5) is 5.69 Å². The molecule has 0 spiro atoms. The lowest BCUT2D eigenvalue weighted by atomic mass is 10.2. The van der Waals surface area contributed by atoms with Crippen LogP contribution in [0.25, 0.3) is 0 Å². The number of hydrogen-bond donors (Lipinski definition) is 2. The number of carbonyl (C=O) groups is 1. The first kappa shape index (κ1) is 24.3. The molecule has 0 radical (unpaired) electrons. The predicted octanol–water partition coefficient (Wildman–Crippen LogP) is 4.01. The highest BCUT2D eigenvalue weighted by atomic mass is 79.9. The van der Waals surface area contributed by atoms with Crippen molar-refractivity contribution < 1.29 is 17.9 Å². The molecule has 162 valence electrons. The van der Waals surface area contributed by atoms with Gasteiger partial charge in [-0.1, -0.05) is 13.8 Å². The summed E-state index contributed by atoms with van der Waals surface area (Å²) in [7, 11) is -3.53. The van der Waals surface area contributed by atoms with Gasteiger partial charge in [0.05, 0.1) is 16.0 Å². The quantitative estimate of drug-likeness (QED) is 0.518. The van der Waals surface area contributed by atoms with Crippen molar-refractivity contribution in [2.45, 2.75) is 25.7 Å².